The van der Waals surface area contributed by atoms with Gasteiger partial charge in [-0.05, 0) is 61.8 Å². The molecule has 1 aromatic rings. The summed E-state index contributed by atoms with van der Waals surface area (Å²) in [6.45, 7) is 5.58. The molecule has 2 heterocycles. The average Bonchev–Trinajstić information content (AvgIpc) is 2.84. The number of thioether (sulfide) groups is 1. The van der Waals surface area contributed by atoms with Gasteiger partial charge in [-0.15, -0.1) is 0 Å². The lowest BCUT2D eigenvalue weighted by atomic mass is 10.0. The van der Waals surface area contributed by atoms with Crippen LogP contribution >= 0.6 is 34.4 Å². The molecule has 0 bridgehead atoms. The van der Waals surface area contributed by atoms with Crippen LogP contribution in [0.15, 0.2) is 0 Å². The first-order valence-electron chi connectivity index (χ1n) is 11.5. The van der Waals surface area contributed by atoms with Gasteiger partial charge in [-0.2, -0.15) is 0 Å². The minimum absolute atomic E-state index is 0.00730. The number of hydrogen-bond donors (Lipinski definition) is 1. The fourth-order valence-electron chi connectivity index (χ4n) is 4.40. The monoisotopic (exact) mass is 626 g/mol. The third-order valence-electron chi connectivity index (χ3n) is 6.46. The van der Waals surface area contributed by atoms with Crippen LogP contribution < -0.4 is 14.2 Å². The number of carbonyl (C=O) groups is 1. The minimum Gasteiger partial charge on any atom is -0.492 e. The van der Waals surface area contributed by atoms with E-state index in [1.54, 1.807) is 21.1 Å². The molecule has 2 fully saturated rings. The Morgan fingerprint density at radius 1 is 0.971 bits per heavy atom. The first-order chi connectivity index (χ1) is 16.7. The van der Waals surface area contributed by atoms with Crippen LogP contribution in [0.3, 0.4) is 0 Å². The molecule has 0 unspecified atom stereocenters. The van der Waals surface area contributed by atoms with Gasteiger partial charge in [-0.1, -0.05) is 11.8 Å². The Labute approximate surface area is 224 Å². The summed E-state index contributed by atoms with van der Waals surface area (Å²) in [6, 6.07) is 0. The number of carbonyl (C=O) groups excluding carboxylic acids is 1. The first kappa shape index (κ1) is 28.7. The van der Waals surface area contributed by atoms with Crippen molar-refractivity contribution in [2.75, 3.05) is 28.4 Å². The molecule has 35 heavy (non-hydrogen) atoms. The molecular formula is C24H35IO9S. The zero-order chi connectivity index (χ0) is 25.9. The molecule has 3 rings (SSSR count). The molecule has 0 saturated carbocycles. The molecule has 7 atom stereocenters. The highest BCUT2D eigenvalue weighted by molar-refractivity contribution is 14.1. The van der Waals surface area contributed by atoms with E-state index in [0.717, 1.165) is 18.4 Å². The summed E-state index contributed by atoms with van der Waals surface area (Å²) in [7, 11) is 6.18. The third-order valence-corrected chi connectivity index (χ3v) is 9.10. The second-order valence-corrected chi connectivity index (χ2v) is 10.9. The van der Waals surface area contributed by atoms with Crippen molar-refractivity contribution in [2.24, 2.45) is 0 Å². The molecule has 0 aromatic heterocycles. The van der Waals surface area contributed by atoms with E-state index in [1.807, 2.05) is 13.8 Å². The van der Waals surface area contributed by atoms with Crippen molar-refractivity contribution >= 4 is 39.5 Å². The van der Waals surface area contributed by atoms with Crippen molar-refractivity contribution < 1.29 is 43.1 Å². The summed E-state index contributed by atoms with van der Waals surface area (Å²) in [5, 5.41) is 10.1. The van der Waals surface area contributed by atoms with E-state index in [9.17, 15) is 9.90 Å². The maximum Gasteiger partial charge on any atom is 0.223 e. The van der Waals surface area contributed by atoms with Crippen molar-refractivity contribution in [3.8, 4) is 17.2 Å². The van der Waals surface area contributed by atoms with Crippen molar-refractivity contribution in [3.63, 3.8) is 0 Å². The maximum atomic E-state index is 13.5. The largest absolute Gasteiger partial charge is 0.492 e. The summed E-state index contributed by atoms with van der Waals surface area (Å²) in [5.74, 6) is 1.05. The second kappa shape index (κ2) is 12.6. The van der Waals surface area contributed by atoms with Gasteiger partial charge in [0.1, 0.15) is 6.10 Å². The Morgan fingerprint density at radius 2 is 1.63 bits per heavy atom. The molecule has 198 valence electrons. The molecule has 0 amide bonds. The molecule has 2 aliphatic rings. The molecule has 0 radical (unpaired) electrons. The summed E-state index contributed by atoms with van der Waals surface area (Å²) < 4.78 is 40.8. The zero-order valence-corrected chi connectivity index (χ0v) is 24.1. The van der Waals surface area contributed by atoms with Gasteiger partial charge in [0.15, 0.2) is 17.8 Å². The van der Waals surface area contributed by atoms with Gasteiger partial charge in [-0.3, -0.25) is 4.79 Å². The first-order valence-corrected chi connectivity index (χ1v) is 13.5. The van der Waals surface area contributed by atoms with E-state index in [1.165, 1.54) is 26.0 Å². The Bertz CT molecular complexity index is 898. The molecule has 1 aromatic carbocycles. The fraction of sp³-hybridized carbons (Fsp3) is 0.708. The molecule has 0 spiro atoms. The molecule has 1 N–H and O–H groups in total. The van der Waals surface area contributed by atoms with E-state index < -0.39 is 24.6 Å². The molecular weight excluding hydrogens is 591 g/mol. The summed E-state index contributed by atoms with van der Waals surface area (Å²) in [6.07, 6.45) is -0.829. The molecule has 0 aliphatic carbocycles. The van der Waals surface area contributed by atoms with E-state index >= 15 is 0 Å². The number of benzene rings is 1. The Balaban J connectivity index is 1.90. The molecule has 11 heteroatoms. The number of aliphatic hydroxyl groups excluding tert-OH is 1. The standard InChI is InChI=1S/C24H35IO9S/c1-11-18(24(27)35-15-8-9-16(29-5)32-12(15)2)21(30-6)23(31-7)22(19(11)25)34-17-10-14(28-4)20(26)13(3)33-17/h12-17,20,26H,8-10H2,1-7H3/t12-,13+,14+,15+,16-,17+,20+/m1/s1. The Hall–Kier alpha value is -0.830. The number of aliphatic hydroxyl groups is 1. The predicted molar refractivity (Wildman–Crippen MR) is 140 cm³/mol. The van der Waals surface area contributed by atoms with Crippen molar-refractivity contribution in [1.29, 1.82) is 0 Å². The maximum absolute atomic E-state index is 13.5. The van der Waals surface area contributed by atoms with E-state index in [2.05, 4.69) is 22.6 Å². The molecule has 9 nitrogen and oxygen atoms in total. The van der Waals surface area contributed by atoms with Crippen molar-refractivity contribution in [1.82, 2.24) is 0 Å². The van der Waals surface area contributed by atoms with Crippen molar-refractivity contribution in [3.05, 3.63) is 14.7 Å². The summed E-state index contributed by atoms with van der Waals surface area (Å²) in [4.78, 5) is 13.5. The van der Waals surface area contributed by atoms with Crippen LogP contribution in [0, 0.1) is 10.5 Å². The van der Waals surface area contributed by atoms with E-state index in [-0.39, 0.29) is 22.8 Å². The summed E-state index contributed by atoms with van der Waals surface area (Å²) >= 11 is 3.39. The fourth-order valence-corrected chi connectivity index (χ4v) is 6.19. The van der Waals surface area contributed by atoms with E-state index in [0.29, 0.717) is 32.8 Å². The van der Waals surface area contributed by atoms with Crippen LogP contribution in [0.5, 0.6) is 17.2 Å². The molecule has 2 aliphatic heterocycles. The van der Waals surface area contributed by atoms with Gasteiger partial charge in [0.05, 0.1) is 41.7 Å². The number of ether oxygens (including phenoxy) is 7. The Kier molecular flexibility index (Phi) is 10.4. The zero-order valence-electron chi connectivity index (χ0n) is 21.2. The van der Waals surface area contributed by atoms with Gasteiger partial charge in [0.2, 0.25) is 17.2 Å². The van der Waals surface area contributed by atoms with Crippen LogP contribution in [0.4, 0.5) is 0 Å². The predicted octanol–water partition coefficient (Wildman–Crippen LogP) is 3.92. The van der Waals surface area contributed by atoms with Gasteiger partial charge in [0, 0.05) is 25.9 Å². The third kappa shape index (κ3) is 6.19. The highest BCUT2D eigenvalue weighted by atomic mass is 127. The smallest absolute Gasteiger partial charge is 0.223 e. The Morgan fingerprint density at radius 3 is 2.20 bits per heavy atom. The highest BCUT2D eigenvalue weighted by Gasteiger charge is 2.39. The van der Waals surface area contributed by atoms with Gasteiger partial charge in [-0.25, -0.2) is 0 Å². The van der Waals surface area contributed by atoms with Crippen LogP contribution in [-0.2, 0) is 18.9 Å². The SMILES string of the molecule is COc1c(O[C@H]2C[C@H](OC)[C@@H](O)[C@H](C)O2)c(I)c(C)c(C(=O)S[C@H]2CC[C@H](OC)O[C@@H]2C)c1OC. The van der Waals surface area contributed by atoms with Gasteiger partial charge >= 0.3 is 0 Å². The lowest BCUT2D eigenvalue weighted by Crippen LogP contribution is -2.49. The van der Waals surface area contributed by atoms with Crippen LogP contribution in [-0.4, -0.2) is 80.9 Å². The number of halogens is 1. The lowest BCUT2D eigenvalue weighted by Gasteiger charge is -2.37. The van der Waals surface area contributed by atoms with Crippen molar-refractivity contribution in [2.45, 2.75) is 82.3 Å². The van der Waals surface area contributed by atoms with Crippen LogP contribution in [0.2, 0.25) is 0 Å². The number of methoxy groups -OCH3 is 4. The molecule has 2 saturated heterocycles. The van der Waals surface area contributed by atoms with E-state index in [4.69, 9.17) is 33.2 Å². The van der Waals surface area contributed by atoms with Gasteiger partial charge < -0.3 is 38.3 Å². The van der Waals surface area contributed by atoms with Crippen LogP contribution in [0.1, 0.15) is 49.0 Å². The average molecular weight is 627 g/mol. The minimum atomic E-state index is -0.751. The normalized spacial score (nSPS) is 31.2. The number of rotatable bonds is 8. The summed E-state index contributed by atoms with van der Waals surface area (Å²) in [5.41, 5.74) is 1.16. The lowest BCUT2D eigenvalue weighted by molar-refractivity contribution is -0.222. The topological polar surface area (TPSA) is 102 Å². The number of hydrogen-bond acceptors (Lipinski definition) is 10. The highest BCUT2D eigenvalue weighted by Crippen LogP contribution is 2.48. The quantitative estimate of drug-likeness (QED) is 0.428. The van der Waals surface area contributed by atoms with Gasteiger partial charge in [0.25, 0.3) is 0 Å². The van der Waals surface area contributed by atoms with Crippen LogP contribution in [0.25, 0.3) is 0 Å². The second-order valence-electron chi connectivity index (χ2n) is 8.63.